The molecule has 11 rings (SSSR count). The summed E-state index contributed by atoms with van der Waals surface area (Å²) in [6, 6.07) is 71.2. The van der Waals surface area contributed by atoms with Gasteiger partial charge in [0.05, 0.1) is 5.69 Å². The maximum absolute atomic E-state index is 2.72. The van der Waals surface area contributed by atoms with Crippen LogP contribution in [0.15, 0.2) is 182 Å². The molecule has 3 heteroatoms. The van der Waals surface area contributed by atoms with Crippen molar-refractivity contribution >= 4 is 57.2 Å². The lowest BCUT2D eigenvalue weighted by Gasteiger charge is -2.46. The van der Waals surface area contributed by atoms with Crippen molar-refractivity contribution in [1.29, 1.82) is 0 Å². The monoisotopic (exact) mass is 1070 g/mol. The van der Waals surface area contributed by atoms with Gasteiger partial charge in [0.25, 0.3) is 6.71 Å². The molecule has 2 aliphatic rings. The predicted molar refractivity (Wildman–Crippen MR) is 359 cm³/mol. The van der Waals surface area contributed by atoms with Gasteiger partial charge in [-0.15, -0.1) is 0 Å². The summed E-state index contributed by atoms with van der Waals surface area (Å²) in [6.07, 6.45) is 0. The van der Waals surface area contributed by atoms with Crippen LogP contribution in [0.25, 0.3) is 44.5 Å². The summed E-state index contributed by atoms with van der Waals surface area (Å²) in [7, 11) is 0. The molecule has 2 aliphatic heterocycles. The number of hydrogen-bond donors (Lipinski definition) is 0. The lowest BCUT2D eigenvalue weighted by Crippen LogP contribution is -2.61. The van der Waals surface area contributed by atoms with Crippen LogP contribution in [-0.4, -0.2) is 6.71 Å². The zero-order valence-electron chi connectivity index (χ0n) is 52.5. The van der Waals surface area contributed by atoms with Crippen LogP contribution in [0, 0.1) is 0 Å². The molecule has 0 bridgehead atoms. The van der Waals surface area contributed by atoms with Crippen molar-refractivity contribution in [3.05, 3.63) is 221 Å². The molecule has 0 amide bonds. The third-order valence-corrected chi connectivity index (χ3v) is 17.8. The quantitative estimate of drug-likeness (QED) is 0.133. The molecule has 0 fully saturated rings. The maximum Gasteiger partial charge on any atom is 0.252 e. The molecule has 2 nitrogen and oxygen atoms in total. The van der Waals surface area contributed by atoms with Gasteiger partial charge in [-0.05, 0) is 165 Å². The van der Waals surface area contributed by atoms with Gasteiger partial charge < -0.3 is 9.80 Å². The van der Waals surface area contributed by atoms with Crippen molar-refractivity contribution in [2.75, 3.05) is 9.80 Å². The molecule has 0 saturated carbocycles. The summed E-state index contributed by atoms with van der Waals surface area (Å²) in [5, 5.41) is 0. The number of para-hydroxylation sites is 1. The standard InChI is InChI=1S/C79H87BN2/c1-49(2)57-43-65(50(3)4)73(66(44-57)51(5)6)56-35-40-69-68(45-56)80-67-39-36-60(78(13,14)15)46-70(67)81(62-37-33-53(34-38-62)52-25-20-19-21-26-52)71-47-61(79(16,17)18)48-72(74(71)80)82(69)75-63(54-27-22-29-58(41-54)76(7,8)9)31-24-32-64(75)55-28-23-30-59(42-55)77(10,11)12/h19-51H,1-18H3. The molecular formula is C79H87BN2. The van der Waals surface area contributed by atoms with Crippen LogP contribution in [-0.2, 0) is 21.7 Å². The van der Waals surface area contributed by atoms with Crippen LogP contribution in [0.4, 0.5) is 34.1 Å². The Morgan fingerprint density at radius 3 is 1.30 bits per heavy atom. The first-order chi connectivity index (χ1) is 38.7. The molecule has 0 radical (unpaired) electrons. The van der Waals surface area contributed by atoms with E-state index in [9.17, 15) is 0 Å². The summed E-state index contributed by atoms with van der Waals surface area (Å²) >= 11 is 0. The number of rotatable bonds is 9. The highest BCUT2D eigenvalue weighted by Crippen LogP contribution is 2.53. The van der Waals surface area contributed by atoms with Gasteiger partial charge in [0.1, 0.15) is 0 Å². The van der Waals surface area contributed by atoms with Crippen molar-refractivity contribution in [2.45, 2.75) is 164 Å². The first kappa shape index (κ1) is 56.5. The number of hydrogen-bond acceptors (Lipinski definition) is 2. The van der Waals surface area contributed by atoms with Gasteiger partial charge in [-0.3, -0.25) is 0 Å². The minimum atomic E-state index is -0.194. The van der Waals surface area contributed by atoms with E-state index in [2.05, 4.69) is 316 Å². The van der Waals surface area contributed by atoms with E-state index in [4.69, 9.17) is 0 Å². The highest BCUT2D eigenvalue weighted by Gasteiger charge is 2.46. The maximum atomic E-state index is 2.72. The highest BCUT2D eigenvalue weighted by molar-refractivity contribution is 7.00. The summed E-state index contributed by atoms with van der Waals surface area (Å²) in [5.74, 6) is 1.08. The van der Waals surface area contributed by atoms with E-state index in [1.54, 1.807) is 0 Å². The van der Waals surface area contributed by atoms with E-state index in [0.717, 1.165) is 5.69 Å². The average Bonchev–Trinajstić information content (AvgIpc) is 1.39. The normalized spacial score (nSPS) is 13.5. The van der Waals surface area contributed by atoms with E-state index in [-0.39, 0.29) is 28.4 Å². The number of anilines is 6. The summed E-state index contributed by atoms with van der Waals surface area (Å²) in [4.78, 5) is 5.35. The topological polar surface area (TPSA) is 6.48 Å². The first-order valence-electron chi connectivity index (χ1n) is 30.4. The largest absolute Gasteiger partial charge is 0.311 e. The molecule has 0 aliphatic carbocycles. The number of nitrogens with zero attached hydrogens (tertiary/aromatic N) is 2. The Bertz CT molecular complexity index is 3780. The lowest BCUT2D eigenvalue weighted by molar-refractivity contribution is 0.590. The van der Waals surface area contributed by atoms with Crippen molar-refractivity contribution in [3.63, 3.8) is 0 Å². The second kappa shape index (κ2) is 20.8. The van der Waals surface area contributed by atoms with Gasteiger partial charge in [-0.1, -0.05) is 270 Å². The van der Waals surface area contributed by atoms with Crippen LogP contribution < -0.4 is 26.2 Å². The predicted octanol–water partition coefficient (Wildman–Crippen LogP) is 21.0. The van der Waals surface area contributed by atoms with E-state index < -0.39 is 0 Å². The number of fused-ring (bicyclic) bond motifs is 4. The fourth-order valence-electron chi connectivity index (χ4n) is 12.9. The SMILES string of the molecule is CC(C)c1cc(C(C)C)c(-c2ccc3c(c2)B2c4ccc(C(C)(C)C)cc4N(c4ccc(-c5ccccc5)cc4)c4cc(C(C)(C)C)cc(c42)N3c2c(-c3cccc(C(C)(C)C)c3)cccc2-c2cccc(C(C)(C)C)c2)c(C(C)C)c1. The molecule has 0 aromatic heterocycles. The van der Waals surface area contributed by atoms with E-state index in [1.807, 2.05) is 0 Å². The third-order valence-electron chi connectivity index (χ3n) is 17.8. The molecule has 0 spiro atoms. The summed E-state index contributed by atoms with van der Waals surface area (Å²) in [6.45, 7) is 42.4. The molecule has 2 heterocycles. The number of benzene rings is 9. The smallest absolute Gasteiger partial charge is 0.252 e. The Kier molecular flexibility index (Phi) is 14.3. The van der Waals surface area contributed by atoms with Crippen molar-refractivity contribution in [1.82, 2.24) is 0 Å². The lowest BCUT2D eigenvalue weighted by atomic mass is 9.33. The minimum Gasteiger partial charge on any atom is -0.311 e. The molecule has 0 N–H and O–H groups in total. The Labute approximate surface area is 493 Å². The molecule has 0 atom stereocenters. The van der Waals surface area contributed by atoms with E-state index in [1.165, 1.54) is 128 Å². The van der Waals surface area contributed by atoms with Gasteiger partial charge in [0.15, 0.2) is 0 Å². The molecule has 0 saturated heterocycles. The second-order valence-corrected chi connectivity index (χ2v) is 28.9. The van der Waals surface area contributed by atoms with Crippen molar-refractivity contribution < 1.29 is 0 Å². The van der Waals surface area contributed by atoms with Gasteiger partial charge in [0, 0.05) is 39.6 Å². The summed E-state index contributed by atoms with van der Waals surface area (Å²) in [5.41, 5.74) is 30.3. The fraction of sp³-hybridized carbons (Fsp3) is 0.316. The molecular weight excluding hydrogens is 988 g/mol. The Morgan fingerprint density at radius 1 is 0.329 bits per heavy atom. The summed E-state index contributed by atoms with van der Waals surface area (Å²) < 4.78 is 0. The minimum absolute atomic E-state index is 0.0453. The molecule has 416 valence electrons. The van der Waals surface area contributed by atoms with Crippen LogP contribution in [0.3, 0.4) is 0 Å². The fourth-order valence-corrected chi connectivity index (χ4v) is 12.9. The van der Waals surface area contributed by atoms with Gasteiger partial charge in [-0.2, -0.15) is 0 Å². The third kappa shape index (κ3) is 10.3. The van der Waals surface area contributed by atoms with E-state index >= 15 is 0 Å². The van der Waals surface area contributed by atoms with Crippen molar-refractivity contribution in [3.8, 4) is 44.5 Å². The van der Waals surface area contributed by atoms with Crippen LogP contribution in [0.1, 0.15) is 181 Å². The van der Waals surface area contributed by atoms with Crippen LogP contribution >= 0.6 is 0 Å². The zero-order chi connectivity index (χ0) is 58.5. The zero-order valence-corrected chi connectivity index (χ0v) is 52.5. The average molecular weight is 1080 g/mol. The second-order valence-electron chi connectivity index (χ2n) is 28.9. The highest BCUT2D eigenvalue weighted by atomic mass is 15.2. The molecule has 0 unspecified atom stereocenters. The first-order valence-corrected chi connectivity index (χ1v) is 30.4. The van der Waals surface area contributed by atoms with E-state index in [0.29, 0.717) is 17.8 Å². The van der Waals surface area contributed by atoms with Crippen LogP contribution in [0.5, 0.6) is 0 Å². The van der Waals surface area contributed by atoms with Gasteiger partial charge >= 0.3 is 0 Å². The van der Waals surface area contributed by atoms with Gasteiger partial charge in [0.2, 0.25) is 0 Å². The Balaban J connectivity index is 1.32. The van der Waals surface area contributed by atoms with Crippen LogP contribution in [0.2, 0.25) is 0 Å². The molecule has 82 heavy (non-hydrogen) atoms. The Morgan fingerprint density at radius 2 is 0.793 bits per heavy atom. The molecule has 9 aromatic carbocycles. The van der Waals surface area contributed by atoms with Gasteiger partial charge in [-0.25, -0.2) is 0 Å². The van der Waals surface area contributed by atoms with Crippen molar-refractivity contribution in [2.24, 2.45) is 0 Å². The Hall–Kier alpha value is -7.36. The molecule has 9 aromatic rings.